The normalized spacial score (nSPS) is 18.6. The second-order valence-corrected chi connectivity index (χ2v) is 10.2. The summed E-state index contributed by atoms with van der Waals surface area (Å²) in [6.07, 6.45) is 12.3. The summed E-state index contributed by atoms with van der Waals surface area (Å²) in [5.41, 5.74) is 3.81. The maximum atomic E-state index is 11.7. The van der Waals surface area contributed by atoms with Crippen molar-refractivity contribution in [3.8, 4) is 5.75 Å². The minimum Gasteiger partial charge on any atom is -0.494 e. The van der Waals surface area contributed by atoms with Crippen LogP contribution in [0.5, 0.6) is 5.75 Å². The molecule has 0 radical (unpaired) electrons. The molecule has 168 valence electrons. The van der Waals surface area contributed by atoms with Crippen molar-refractivity contribution in [2.24, 2.45) is 5.92 Å². The highest BCUT2D eigenvalue weighted by Crippen LogP contribution is 2.26. The number of piperidine rings is 1. The largest absolute Gasteiger partial charge is 0.494 e. The smallest absolute Gasteiger partial charge is 0.225 e. The number of hydrogen-bond acceptors (Lipinski definition) is 5. The van der Waals surface area contributed by atoms with Crippen LogP contribution in [0, 0.1) is 5.92 Å². The molecule has 1 aromatic carbocycles. The Morgan fingerprint density at radius 3 is 2.61 bits per heavy atom. The van der Waals surface area contributed by atoms with Gasteiger partial charge in [0.2, 0.25) is 5.95 Å². The number of fused-ring (bicyclic) bond motifs is 1. The third kappa shape index (κ3) is 5.83. The van der Waals surface area contributed by atoms with Crippen LogP contribution in [0.2, 0.25) is 0 Å². The summed E-state index contributed by atoms with van der Waals surface area (Å²) in [5.74, 6) is 2.61. The van der Waals surface area contributed by atoms with Crippen molar-refractivity contribution in [3.63, 3.8) is 0 Å². The van der Waals surface area contributed by atoms with Crippen LogP contribution in [-0.4, -0.2) is 46.8 Å². The summed E-state index contributed by atoms with van der Waals surface area (Å²) >= 11 is 0. The van der Waals surface area contributed by atoms with E-state index >= 15 is 0 Å². The lowest BCUT2D eigenvalue weighted by atomic mass is 9.92. The first-order chi connectivity index (χ1) is 15.1. The Labute approximate surface area is 188 Å². The first-order valence-corrected chi connectivity index (χ1v) is 13.2. The zero-order valence-corrected chi connectivity index (χ0v) is 19.7. The molecule has 1 saturated heterocycles. The summed E-state index contributed by atoms with van der Waals surface area (Å²) in [7, 11) is -1.25. The number of thiol groups is 1. The van der Waals surface area contributed by atoms with Gasteiger partial charge in [-0.3, -0.25) is 0 Å². The van der Waals surface area contributed by atoms with Gasteiger partial charge in [0.05, 0.1) is 13.2 Å². The molecule has 6 nitrogen and oxygen atoms in total. The molecule has 0 bridgehead atoms. The van der Waals surface area contributed by atoms with Crippen molar-refractivity contribution in [1.29, 1.82) is 0 Å². The van der Waals surface area contributed by atoms with Gasteiger partial charge in [0.25, 0.3) is 0 Å². The van der Waals surface area contributed by atoms with Crippen LogP contribution in [0.15, 0.2) is 30.6 Å². The number of ether oxygens (including phenoxy) is 1. The predicted molar refractivity (Wildman–Crippen MR) is 127 cm³/mol. The van der Waals surface area contributed by atoms with Gasteiger partial charge in [-0.05, 0) is 73.3 Å². The number of rotatable bonds is 8. The van der Waals surface area contributed by atoms with E-state index in [4.69, 9.17) is 4.74 Å². The summed E-state index contributed by atoms with van der Waals surface area (Å²) in [6.45, 7) is 6.64. The Morgan fingerprint density at radius 1 is 1.13 bits per heavy atom. The summed E-state index contributed by atoms with van der Waals surface area (Å²) < 4.78 is 19.8. The summed E-state index contributed by atoms with van der Waals surface area (Å²) in [4.78, 5) is 11.4. The average Bonchev–Trinajstić information content (AvgIpc) is 2.82. The SMILES string of the molecule is CCc1cnc(N2CCC(CCCOc3ccc4c(c3)CCN([SH+](C)=O)C4)CC2)nc1. The lowest BCUT2D eigenvalue weighted by Gasteiger charge is -2.32. The molecular formula is C24H35N4O2S+. The number of aromatic nitrogens is 2. The van der Waals surface area contributed by atoms with E-state index < -0.39 is 11.0 Å². The molecule has 0 spiro atoms. The average molecular weight is 444 g/mol. The Morgan fingerprint density at radius 2 is 1.90 bits per heavy atom. The molecule has 1 aromatic heterocycles. The third-order valence-corrected chi connectivity index (χ3v) is 7.73. The van der Waals surface area contributed by atoms with Gasteiger partial charge < -0.3 is 9.64 Å². The maximum Gasteiger partial charge on any atom is 0.225 e. The minimum atomic E-state index is -1.25. The molecule has 3 heterocycles. The van der Waals surface area contributed by atoms with Gasteiger partial charge in [0.1, 0.15) is 23.0 Å². The lowest BCUT2D eigenvalue weighted by Crippen LogP contribution is -2.35. The summed E-state index contributed by atoms with van der Waals surface area (Å²) in [6, 6.07) is 6.38. The summed E-state index contributed by atoms with van der Waals surface area (Å²) in [5, 5.41) is 0. The first-order valence-electron chi connectivity index (χ1n) is 11.6. The highest BCUT2D eigenvalue weighted by atomic mass is 32.2. The molecule has 0 aliphatic carbocycles. The van der Waals surface area contributed by atoms with E-state index in [0.717, 1.165) is 69.7 Å². The van der Waals surface area contributed by atoms with E-state index in [0.29, 0.717) is 0 Å². The molecule has 1 fully saturated rings. The zero-order chi connectivity index (χ0) is 21.6. The fraction of sp³-hybridized carbons (Fsp3) is 0.583. The lowest BCUT2D eigenvalue weighted by molar-refractivity contribution is 0.278. The van der Waals surface area contributed by atoms with Gasteiger partial charge in [-0.15, -0.1) is 4.31 Å². The molecule has 31 heavy (non-hydrogen) atoms. The van der Waals surface area contributed by atoms with Gasteiger partial charge >= 0.3 is 0 Å². The molecule has 0 N–H and O–H groups in total. The van der Waals surface area contributed by atoms with Crippen LogP contribution in [0.3, 0.4) is 0 Å². The third-order valence-electron chi connectivity index (χ3n) is 6.59. The van der Waals surface area contributed by atoms with Crippen molar-refractivity contribution in [2.45, 2.75) is 52.0 Å². The molecule has 0 amide bonds. The number of aryl methyl sites for hydroxylation is 1. The maximum absolute atomic E-state index is 11.7. The number of hydrogen-bond donors (Lipinski definition) is 0. The quantitative estimate of drug-likeness (QED) is 0.354. The van der Waals surface area contributed by atoms with Crippen molar-refractivity contribution in [1.82, 2.24) is 14.3 Å². The molecule has 2 aliphatic heterocycles. The molecule has 2 aliphatic rings. The molecule has 1 unspecified atom stereocenters. The van der Waals surface area contributed by atoms with E-state index in [1.807, 2.05) is 12.4 Å². The van der Waals surface area contributed by atoms with E-state index in [1.54, 1.807) is 6.26 Å². The Bertz CT molecular complexity index is 882. The van der Waals surface area contributed by atoms with Gasteiger partial charge in [-0.2, -0.15) is 0 Å². The molecule has 0 saturated carbocycles. The number of anilines is 1. The monoisotopic (exact) mass is 443 g/mol. The Hall–Kier alpha value is -1.99. The van der Waals surface area contributed by atoms with Crippen LogP contribution in [-0.2, 0) is 34.6 Å². The minimum absolute atomic E-state index is 0.764. The van der Waals surface area contributed by atoms with E-state index in [2.05, 4.69) is 44.3 Å². The molecule has 1 atom stereocenters. The van der Waals surface area contributed by atoms with Gasteiger partial charge in [0.15, 0.2) is 0 Å². The fourth-order valence-electron chi connectivity index (χ4n) is 4.52. The van der Waals surface area contributed by atoms with E-state index in [1.165, 1.54) is 36.0 Å². The van der Waals surface area contributed by atoms with Crippen LogP contribution in [0.25, 0.3) is 0 Å². The highest BCUT2D eigenvalue weighted by Gasteiger charge is 2.23. The molecular weight excluding hydrogens is 408 g/mol. The van der Waals surface area contributed by atoms with Crippen LogP contribution in [0.1, 0.15) is 49.3 Å². The van der Waals surface area contributed by atoms with Gasteiger partial charge in [-0.25, -0.2) is 9.97 Å². The van der Waals surface area contributed by atoms with Crippen LogP contribution >= 0.6 is 0 Å². The molecule has 2 aromatic rings. The van der Waals surface area contributed by atoms with Crippen molar-refractivity contribution >= 4 is 16.9 Å². The highest BCUT2D eigenvalue weighted by molar-refractivity contribution is 7.81. The molecule has 4 rings (SSSR count). The topological polar surface area (TPSA) is 58.6 Å². The van der Waals surface area contributed by atoms with E-state index in [9.17, 15) is 4.21 Å². The van der Waals surface area contributed by atoms with Gasteiger partial charge in [0, 0.05) is 32.0 Å². The second kappa shape index (κ2) is 10.6. The van der Waals surface area contributed by atoms with Crippen molar-refractivity contribution < 1.29 is 8.95 Å². The van der Waals surface area contributed by atoms with Crippen molar-refractivity contribution in [3.05, 3.63) is 47.3 Å². The van der Waals surface area contributed by atoms with Crippen molar-refractivity contribution in [2.75, 3.05) is 37.4 Å². The predicted octanol–water partition coefficient (Wildman–Crippen LogP) is 3.71. The first kappa shape index (κ1) is 22.2. The van der Waals surface area contributed by atoms with Crippen LogP contribution < -0.4 is 9.64 Å². The zero-order valence-electron chi connectivity index (χ0n) is 18.8. The fourth-order valence-corrected chi connectivity index (χ4v) is 5.26. The second-order valence-electron chi connectivity index (χ2n) is 8.70. The molecule has 7 heteroatoms. The Balaban J connectivity index is 1.17. The van der Waals surface area contributed by atoms with Crippen LogP contribution in [0.4, 0.5) is 5.95 Å². The number of nitrogens with zero attached hydrogens (tertiary/aromatic N) is 4. The van der Waals surface area contributed by atoms with E-state index in [-0.39, 0.29) is 0 Å². The van der Waals surface area contributed by atoms with Gasteiger partial charge in [-0.1, -0.05) is 17.2 Å². The Kier molecular flexibility index (Phi) is 7.56. The standard InChI is InChI=1S/C24H34N4O2S/c1-3-19-16-25-24(26-17-19)27-11-8-20(9-12-27)5-4-14-30-23-7-6-22-18-28(31(2)29)13-10-21(22)15-23/h6-7,15-17,20H,3-5,8-14,18H2,1-2H3/p+1. The number of benzene rings is 1.